The van der Waals surface area contributed by atoms with E-state index >= 15 is 0 Å². The fourth-order valence-electron chi connectivity index (χ4n) is 1.87. The second-order valence-corrected chi connectivity index (χ2v) is 4.52. The highest BCUT2D eigenvalue weighted by atomic mass is 16.3. The molecule has 0 aliphatic carbocycles. The molecule has 3 rings (SSSR count). The van der Waals surface area contributed by atoms with Gasteiger partial charge in [0.05, 0.1) is 11.7 Å². The van der Waals surface area contributed by atoms with Crippen molar-refractivity contribution < 1.29 is 19.8 Å². The third-order valence-corrected chi connectivity index (χ3v) is 2.97. The van der Waals surface area contributed by atoms with Gasteiger partial charge < -0.3 is 10.2 Å². The number of carbonyl (C=O) groups excluding carboxylic acids is 2. The van der Waals surface area contributed by atoms with E-state index in [0.717, 1.165) is 6.07 Å². The highest BCUT2D eigenvalue weighted by Crippen LogP contribution is 2.21. The van der Waals surface area contributed by atoms with Crippen molar-refractivity contribution in [1.82, 2.24) is 31.0 Å². The van der Waals surface area contributed by atoms with Crippen molar-refractivity contribution in [3.63, 3.8) is 0 Å². The molecule has 0 bridgehead atoms. The summed E-state index contributed by atoms with van der Waals surface area (Å²) in [6.45, 7) is 0. The van der Waals surface area contributed by atoms with Gasteiger partial charge in [0.15, 0.2) is 0 Å². The predicted octanol–water partition coefficient (Wildman–Crippen LogP) is -0.0794. The van der Waals surface area contributed by atoms with Crippen molar-refractivity contribution in [3.05, 3.63) is 47.9 Å². The first kappa shape index (κ1) is 15.1. The summed E-state index contributed by atoms with van der Waals surface area (Å²) in [6.07, 6.45) is 2.68. The van der Waals surface area contributed by atoms with Crippen LogP contribution in [0.3, 0.4) is 0 Å². The van der Waals surface area contributed by atoms with Crippen LogP contribution in [-0.2, 0) is 0 Å². The Balaban J connectivity index is 1.76. The number of amides is 2. The van der Waals surface area contributed by atoms with Gasteiger partial charge in [-0.25, -0.2) is 10.4 Å². The van der Waals surface area contributed by atoms with Gasteiger partial charge in [0.25, 0.3) is 5.91 Å². The maximum Gasteiger partial charge on any atom is 0.312 e. The molecule has 0 saturated carbocycles. The lowest BCUT2D eigenvalue weighted by atomic mass is 10.2. The molecule has 0 spiro atoms. The molecule has 3 N–H and O–H groups in total. The van der Waals surface area contributed by atoms with Crippen molar-refractivity contribution in [2.75, 3.05) is 0 Å². The summed E-state index contributed by atoms with van der Waals surface area (Å²) >= 11 is 0. The van der Waals surface area contributed by atoms with Gasteiger partial charge >= 0.3 is 5.91 Å². The fourth-order valence-corrected chi connectivity index (χ4v) is 1.87. The van der Waals surface area contributed by atoms with Crippen LogP contribution in [0.1, 0.15) is 20.8 Å². The number of carbonyl (C=O) groups is 2. The topological polar surface area (TPSA) is 152 Å². The highest BCUT2D eigenvalue weighted by molar-refractivity contribution is 6.00. The Kier molecular flexibility index (Phi) is 3.85. The minimum atomic E-state index is -0.883. The molecule has 0 unspecified atom stereocenters. The van der Waals surface area contributed by atoms with E-state index < -0.39 is 17.7 Å². The lowest BCUT2D eigenvalue weighted by Gasteiger charge is -2.06. The molecule has 3 heterocycles. The number of rotatable bonds is 2. The summed E-state index contributed by atoms with van der Waals surface area (Å²) in [5, 5.41) is 25.9. The number of pyridine rings is 2. The Labute approximate surface area is 134 Å². The molecule has 2 amide bonds. The predicted molar refractivity (Wildman–Crippen MR) is 78.8 cm³/mol. The largest absolute Gasteiger partial charge is 0.506 e. The van der Waals surface area contributed by atoms with Gasteiger partial charge in [-0.2, -0.15) is 5.10 Å². The quantitative estimate of drug-likeness (QED) is 0.553. The average Bonchev–Trinajstić information content (AvgIpc) is 2.59. The average molecular weight is 325 g/mol. The van der Waals surface area contributed by atoms with E-state index in [1.807, 2.05) is 5.43 Å². The molecule has 3 aromatic rings. The van der Waals surface area contributed by atoms with Crippen LogP contribution >= 0.6 is 0 Å². The minimum absolute atomic E-state index is 0.176. The molecule has 0 saturated heterocycles. The summed E-state index contributed by atoms with van der Waals surface area (Å²) in [6, 6.07) is 5.47. The molecular formula is C14H9N6O4. The monoisotopic (exact) mass is 325 g/mol. The van der Waals surface area contributed by atoms with Crippen LogP contribution < -0.4 is 10.9 Å². The zero-order valence-corrected chi connectivity index (χ0v) is 11.9. The third kappa shape index (κ3) is 2.88. The Morgan fingerprint density at radius 2 is 2.00 bits per heavy atom. The van der Waals surface area contributed by atoms with E-state index in [4.69, 9.17) is 0 Å². The van der Waals surface area contributed by atoms with Gasteiger partial charge in [-0.1, -0.05) is 0 Å². The zero-order chi connectivity index (χ0) is 17.1. The first-order valence-corrected chi connectivity index (χ1v) is 6.57. The van der Waals surface area contributed by atoms with Crippen molar-refractivity contribution in [2.45, 2.75) is 0 Å². The van der Waals surface area contributed by atoms with Crippen LogP contribution in [0.4, 0.5) is 0 Å². The molecule has 1 radical (unpaired) electrons. The Morgan fingerprint density at radius 3 is 2.79 bits per heavy atom. The molecule has 119 valence electrons. The second kappa shape index (κ2) is 6.12. The van der Waals surface area contributed by atoms with Gasteiger partial charge in [0.1, 0.15) is 22.5 Å². The lowest BCUT2D eigenvalue weighted by Crippen LogP contribution is -2.36. The molecule has 0 aliphatic heterocycles. The molecular weight excluding hydrogens is 316 g/mol. The minimum Gasteiger partial charge on any atom is -0.506 e. The first-order valence-electron chi connectivity index (χ1n) is 6.57. The van der Waals surface area contributed by atoms with Crippen molar-refractivity contribution in [2.24, 2.45) is 0 Å². The van der Waals surface area contributed by atoms with E-state index in [-0.39, 0.29) is 22.5 Å². The van der Waals surface area contributed by atoms with E-state index in [1.165, 1.54) is 18.5 Å². The third-order valence-electron chi connectivity index (χ3n) is 2.97. The van der Waals surface area contributed by atoms with Crippen LogP contribution in [0.5, 0.6) is 11.6 Å². The van der Waals surface area contributed by atoms with E-state index in [2.05, 4.69) is 25.6 Å². The summed E-state index contributed by atoms with van der Waals surface area (Å²) in [5.74, 6) is -2.56. The SMILES string of the molecule is O=C([N]NC(=O)c1ccnnc1O)c1cc(O)c2ncccc2n1. The molecule has 10 nitrogen and oxygen atoms in total. The summed E-state index contributed by atoms with van der Waals surface area (Å²) < 4.78 is 0. The van der Waals surface area contributed by atoms with Crippen LogP contribution in [0.2, 0.25) is 0 Å². The summed E-state index contributed by atoms with van der Waals surface area (Å²) in [5.41, 5.74) is 5.52. The summed E-state index contributed by atoms with van der Waals surface area (Å²) in [7, 11) is 0. The number of hydrogen-bond donors (Lipinski definition) is 3. The number of hydrogen-bond acceptors (Lipinski definition) is 8. The van der Waals surface area contributed by atoms with Crippen molar-refractivity contribution >= 4 is 22.8 Å². The lowest BCUT2D eigenvalue weighted by molar-refractivity contribution is 0.0836. The molecule has 10 heteroatoms. The first-order chi connectivity index (χ1) is 11.6. The Bertz CT molecular complexity index is 945. The van der Waals surface area contributed by atoms with E-state index in [0.29, 0.717) is 5.52 Å². The van der Waals surface area contributed by atoms with Crippen LogP contribution in [0.25, 0.3) is 11.0 Å². The van der Waals surface area contributed by atoms with Gasteiger partial charge in [0.2, 0.25) is 5.88 Å². The molecule has 0 aliphatic rings. The number of nitrogens with zero attached hydrogens (tertiary/aromatic N) is 5. The normalized spacial score (nSPS) is 10.3. The standard InChI is InChI=1S/C14H9N6O4/c21-10-6-9(17-8-2-1-4-15-11(8)10)14(24)20-19-13(23)7-3-5-16-18-12(7)22/h1-6H,(H,17,21)(H,18,22)(H,19,23). The van der Waals surface area contributed by atoms with E-state index in [1.54, 1.807) is 12.1 Å². The van der Waals surface area contributed by atoms with Gasteiger partial charge in [-0.3, -0.25) is 14.6 Å². The Morgan fingerprint density at radius 1 is 1.17 bits per heavy atom. The van der Waals surface area contributed by atoms with Gasteiger partial charge in [0, 0.05) is 12.3 Å². The van der Waals surface area contributed by atoms with Gasteiger partial charge in [-0.15, -0.1) is 10.5 Å². The number of nitrogens with one attached hydrogen (secondary N) is 1. The number of aromatic nitrogens is 4. The summed E-state index contributed by atoms with van der Waals surface area (Å²) in [4.78, 5) is 31.8. The van der Waals surface area contributed by atoms with E-state index in [9.17, 15) is 19.8 Å². The molecule has 3 aromatic heterocycles. The zero-order valence-electron chi connectivity index (χ0n) is 11.9. The maximum absolute atomic E-state index is 12.0. The number of aromatic hydroxyl groups is 2. The van der Waals surface area contributed by atoms with Crippen LogP contribution in [0.15, 0.2) is 36.7 Å². The Hall–Kier alpha value is -3.82. The van der Waals surface area contributed by atoms with Crippen molar-refractivity contribution in [3.8, 4) is 11.6 Å². The molecule has 0 atom stereocenters. The van der Waals surface area contributed by atoms with Crippen LogP contribution in [0, 0.1) is 0 Å². The van der Waals surface area contributed by atoms with Gasteiger partial charge in [-0.05, 0) is 18.2 Å². The van der Waals surface area contributed by atoms with Crippen LogP contribution in [-0.4, -0.2) is 42.2 Å². The molecule has 24 heavy (non-hydrogen) atoms. The molecule has 0 aromatic carbocycles. The fraction of sp³-hybridized carbons (Fsp3) is 0. The smallest absolute Gasteiger partial charge is 0.312 e. The number of fused-ring (bicyclic) bond motifs is 1. The van der Waals surface area contributed by atoms with Crippen molar-refractivity contribution in [1.29, 1.82) is 0 Å². The molecule has 0 fully saturated rings. The highest BCUT2D eigenvalue weighted by Gasteiger charge is 2.17. The maximum atomic E-state index is 12.0. The second-order valence-electron chi connectivity index (χ2n) is 4.52.